The zero-order valence-electron chi connectivity index (χ0n) is 12.9. The van der Waals surface area contributed by atoms with Gasteiger partial charge in [-0.15, -0.1) is 0 Å². The van der Waals surface area contributed by atoms with Crippen LogP contribution in [0.5, 0.6) is 0 Å². The second-order valence-electron chi connectivity index (χ2n) is 5.87. The van der Waals surface area contributed by atoms with Crippen molar-refractivity contribution >= 4 is 5.91 Å². The topological polar surface area (TPSA) is 58.4 Å². The van der Waals surface area contributed by atoms with Crippen molar-refractivity contribution in [2.45, 2.75) is 31.7 Å². The van der Waals surface area contributed by atoms with Crippen LogP contribution in [0.2, 0.25) is 0 Å². The van der Waals surface area contributed by atoms with Gasteiger partial charge in [0, 0.05) is 24.6 Å². The van der Waals surface area contributed by atoms with Gasteiger partial charge in [-0.05, 0) is 12.1 Å². The second-order valence-corrected chi connectivity index (χ2v) is 5.87. The van der Waals surface area contributed by atoms with Crippen LogP contribution in [0.15, 0.2) is 36.5 Å². The van der Waals surface area contributed by atoms with Crippen molar-refractivity contribution in [3.05, 3.63) is 47.8 Å². The van der Waals surface area contributed by atoms with Crippen LogP contribution in [0.1, 0.15) is 24.1 Å². The Morgan fingerprint density at radius 2 is 2.00 bits per heavy atom. The lowest BCUT2D eigenvalue weighted by molar-refractivity contribution is -0.211. The van der Waals surface area contributed by atoms with Gasteiger partial charge in [-0.3, -0.25) is 4.79 Å². The number of halogens is 3. The van der Waals surface area contributed by atoms with Crippen LogP contribution in [0.4, 0.5) is 13.2 Å². The van der Waals surface area contributed by atoms with Crippen LogP contribution in [0.25, 0.3) is 5.69 Å². The Morgan fingerprint density at radius 1 is 1.33 bits per heavy atom. The van der Waals surface area contributed by atoms with E-state index in [4.69, 9.17) is 0 Å². The molecule has 0 spiro atoms. The summed E-state index contributed by atoms with van der Waals surface area (Å²) in [6, 6.07) is 9.37. The number of carbonyl (C=O) groups excluding carboxylic acids is 1. The summed E-state index contributed by atoms with van der Waals surface area (Å²) in [5.41, 5.74) is 2.40. The molecule has 1 aromatic carbocycles. The van der Waals surface area contributed by atoms with E-state index in [0.29, 0.717) is 5.56 Å². The second kappa shape index (κ2) is 5.94. The number of aromatic nitrogens is 2. The summed E-state index contributed by atoms with van der Waals surface area (Å²) in [6.45, 7) is 1.91. The number of aliphatic hydroxyl groups is 1. The van der Waals surface area contributed by atoms with Crippen molar-refractivity contribution in [3.63, 3.8) is 0 Å². The highest BCUT2D eigenvalue weighted by molar-refractivity contribution is 5.81. The average Bonchev–Trinajstić information content (AvgIpc) is 2.98. The number of rotatable bonds is 2. The molecule has 2 aromatic rings. The summed E-state index contributed by atoms with van der Waals surface area (Å²) in [6.07, 6.45) is -6.40. The molecule has 1 aromatic heterocycles. The minimum atomic E-state index is -4.96. The Hall–Kier alpha value is -2.35. The summed E-state index contributed by atoms with van der Waals surface area (Å²) >= 11 is 0. The van der Waals surface area contributed by atoms with E-state index in [0.717, 1.165) is 16.3 Å². The lowest BCUT2D eigenvalue weighted by atomic mass is 9.97. The lowest BCUT2D eigenvalue weighted by Gasteiger charge is -2.33. The molecule has 1 aliphatic rings. The molecule has 0 saturated heterocycles. The molecule has 1 amide bonds. The maximum atomic E-state index is 12.6. The van der Waals surface area contributed by atoms with Gasteiger partial charge in [-0.25, -0.2) is 4.68 Å². The monoisotopic (exact) mass is 339 g/mol. The minimum Gasteiger partial charge on any atom is -0.376 e. The van der Waals surface area contributed by atoms with Crippen molar-refractivity contribution in [1.29, 1.82) is 0 Å². The number of amides is 1. The Kier molecular flexibility index (Phi) is 4.08. The van der Waals surface area contributed by atoms with E-state index >= 15 is 0 Å². The first-order valence-electron chi connectivity index (χ1n) is 7.45. The number of benzene rings is 1. The third-order valence-corrected chi connectivity index (χ3v) is 4.06. The van der Waals surface area contributed by atoms with Crippen LogP contribution in [0, 0.1) is 0 Å². The largest absolute Gasteiger partial charge is 0.423 e. The lowest BCUT2D eigenvalue weighted by Crippen LogP contribution is -2.48. The van der Waals surface area contributed by atoms with Gasteiger partial charge in [0.2, 0.25) is 6.10 Å². The van der Waals surface area contributed by atoms with E-state index in [1.165, 1.54) is 0 Å². The summed E-state index contributed by atoms with van der Waals surface area (Å²) in [7, 11) is 0. The summed E-state index contributed by atoms with van der Waals surface area (Å²) < 4.78 is 39.4. The first-order chi connectivity index (χ1) is 11.3. The third-order valence-electron chi connectivity index (χ3n) is 4.06. The molecule has 2 unspecified atom stereocenters. The molecule has 0 bridgehead atoms. The van der Waals surface area contributed by atoms with E-state index in [2.05, 4.69) is 5.10 Å². The fourth-order valence-corrected chi connectivity index (χ4v) is 2.98. The van der Waals surface area contributed by atoms with Gasteiger partial charge in [0.25, 0.3) is 5.91 Å². The standard InChI is InChI=1S/C16H16F3N3O2/c1-10-8-21(15(24)14(23)16(17,18)19)9-11-7-20-22(13(10)11)12-5-3-2-4-6-12/h2-7,10,14,23H,8-9H2,1H3. The summed E-state index contributed by atoms with van der Waals surface area (Å²) in [4.78, 5) is 12.9. The predicted octanol–water partition coefficient (Wildman–Crippen LogP) is 2.24. The smallest absolute Gasteiger partial charge is 0.376 e. The van der Waals surface area contributed by atoms with E-state index in [1.807, 2.05) is 37.3 Å². The van der Waals surface area contributed by atoms with Gasteiger partial charge in [0.15, 0.2) is 0 Å². The fourth-order valence-electron chi connectivity index (χ4n) is 2.98. The molecule has 1 aliphatic heterocycles. The van der Waals surface area contributed by atoms with Crippen LogP contribution >= 0.6 is 0 Å². The Morgan fingerprint density at radius 3 is 2.62 bits per heavy atom. The highest BCUT2D eigenvalue weighted by atomic mass is 19.4. The Labute approximate surface area is 136 Å². The first kappa shape index (κ1) is 16.5. The zero-order valence-corrected chi connectivity index (χ0v) is 12.9. The van der Waals surface area contributed by atoms with Gasteiger partial charge >= 0.3 is 6.18 Å². The van der Waals surface area contributed by atoms with Gasteiger partial charge in [0.1, 0.15) is 0 Å². The number of aliphatic hydroxyl groups excluding tert-OH is 1. The molecule has 24 heavy (non-hydrogen) atoms. The van der Waals surface area contributed by atoms with Gasteiger partial charge in [0.05, 0.1) is 17.6 Å². The highest BCUT2D eigenvalue weighted by Crippen LogP contribution is 2.31. The van der Waals surface area contributed by atoms with Crippen molar-refractivity contribution < 1.29 is 23.1 Å². The summed E-state index contributed by atoms with van der Waals surface area (Å²) in [5.74, 6) is -1.53. The molecule has 5 nitrogen and oxygen atoms in total. The van der Waals surface area contributed by atoms with Crippen molar-refractivity contribution in [2.24, 2.45) is 0 Å². The maximum absolute atomic E-state index is 12.6. The zero-order chi connectivity index (χ0) is 17.5. The van der Waals surface area contributed by atoms with Crippen LogP contribution in [-0.2, 0) is 11.3 Å². The molecule has 0 saturated carbocycles. The summed E-state index contributed by atoms with van der Waals surface area (Å²) in [5, 5.41) is 13.5. The SMILES string of the molecule is CC1CN(C(=O)C(O)C(F)(F)F)Cc2cnn(-c3ccccc3)c21. The number of fused-ring (bicyclic) bond motifs is 1. The highest BCUT2D eigenvalue weighted by Gasteiger charge is 2.46. The number of carbonyl (C=O) groups is 1. The average molecular weight is 339 g/mol. The molecular formula is C16H16F3N3O2. The van der Waals surface area contributed by atoms with Crippen LogP contribution in [0.3, 0.4) is 0 Å². The number of nitrogens with zero attached hydrogens (tertiary/aromatic N) is 3. The quantitative estimate of drug-likeness (QED) is 0.913. The van der Waals surface area contributed by atoms with Crippen LogP contribution in [-0.4, -0.2) is 44.5 Å². The minimum absolute atomic E-state index is 0.00151. The molecule has 1 N–H and O–H groups in total. The van der Waals surface area contributed by atoms with Crippen LogP contribution < -0.4 is 0 Å². The van der Waals surface area contributed by atoms with E-state index in [9.17, 15) is 23.1 Å². The number of para-hydroxylation sites is 1. The normalized spacial score (nSPS) is 19.0. The van der Waals surface area contributed by atoms with Gasteiger partial charge < -0.3 is 10.0 Å². The molecule has 3 rings (SSSR count). The maximum Gasteiger partial charge on any atom is 0.423 e. The molecule has 8 heteroatoms. The molecule has 2 atom stereocenters. The third kappa shape index (κ3) is 2.89. The molecule has 0 aliphatic carbocycles. The van der Waals surface area contributed by atoms with E-state index in [1.54, 1.807) is 10.9 Å². The van der Waals surface area contributed by atoms with E-state index in [-0.39, 0.29) is 19.0 Å². The number of hydrogen-bond acceptors (Lipinski definition) is 3. The first-order valence-corrected chi connectivity index (χ1v) is 7.45. The fraction of sp³-hybridized carbons (Fsp3) is 0.375. The van der Waals surface area contributed by atoms with Crippen molar-refractivity contribution in [2.75, 3.05) is 6.54 Å². The predicted molar refractivity (Wildman–Crippen MR) is 79.5 cm³/mol. The number of hydrogen-bond donors (Lipinski definition) is 1. The van der Waals surface area contributed by atoms with Crippen molar-refractivity contribution in [1.82, 2.24) is 14.7 Å². The number of alkyl halides is 3. The van der Waals surface area contributed by atoms with Gasteiger partial charge in [-0.2, -0.15) is 18.3 Å². The molecule has 0 radical (unpaired) electrons. The Balaban J connectivity index is 1.88. The molecule has 128 valence electrons. The molecular weight excluding hydrogens is 323 g/mol. The molecule has 2 heterocycles. The van der Waals surface area contributed by atoms with Crippen molar-refractivity contribution in [3.8, 4) is 5.69 Å². The van der Waals surface area contributed by atoms with Gasteiger partial charge in [-0.1, -0.05) is 25.1 Å². The Bertz CT molecular complexity index is 743. The molecule has 0 fully saturated rings. The van der Waals surface area contributed by atoms with E-state index < -0.39 is 18.2 Å².